The number of carbonyl (C=O) groups excluding carboxylic acids is 1. The number of rotatable bonds is 7. The molecule has 9 heteroatoms. The van der Waals surface area contributed by atoms with Crippen LogP contribution in [-0.4, -0.2) is 44.8 Å². The van der Waals surface area contributed by atoms with Crippen LogP contribution in [0.25, 0.3) is 5.65 Å². The van der Waals surface area contributed by atoms with Gasteiger partial charge in [0.1, 0.15) is 5.02 Å². The molecule has 2 amide bonds. The van der Waals surface area contributed by atoms with Gasteiger partial charge in [-0.15, -0.1) is 0 Å². The first-order valence-electron chi connectivity index (χ1n) is 6.77. The second-order valence-corrected chi connectivity index (χ2v) is 5.06. The molecule has 22 heavy (non-hydrogen) atoms. The molecule has 0 aromatic carbocycles. The average molecular weight is 326 g/mol. The van der Waals surface area contributed by atoms with Gasteiger partial charge < -0.3 is 15.7 Å². The predicted octanol–water partition coefficient (Wildman–Crippen LogP) is 1.09. The Balaban J connectivity index is 1.70. The summed E-state index contributed by atoms with van der Waals surface area (Å²) in [6.07, 6.45) is 6.07. The highest BCUT2D eigenvalue weighted by molar-refractivity contribution is 6.33. The summed E-state index contributed by atoms with van der Waals surface area (Å²) in [6, 6.07) is -0.318. The Morgan fingerprint density at radius 2 is 2.05 bits per heavy atom. The van der Waals surface area contributed by atoms with Gasteiger partial charge in [-0.1, -0.05) is 11.6 Å². The second-order valence-electron chi connectivity index (χ2n) is 4.65. The van der Waals surface area contributed by atoms with E-state index in [9.17, 15) is 9.59 Å². The third kappa shape index (κ3) is 4.59. The molecule has 0 aliphatic carbocycles. The Labute approximate surface area is 131 Å². The van der Waals surface area contributed by atoms with Crippen LogP contribution < -0.4 is 10.6 Å². The maximum absolute atomic E-state index is 11.5. The predicted molar refractivity (Wildman–Crippen MR) is 80.0 cm³/mol. The topological polar surface area (TPSA) is 109 Å². The van der Waals surface area contributed by atoms with Crippen LogP contribution in [0.3, 0.4) is 0 Å². The molecule has 2 aromatic heterocycles. The van der Waals surface area contributed by atoms with E-state index in [4.69, 9.17) is 16.7 Å². The number of halogens is 1. The molecule has 0 radical (unpaired) electrons. The number of amides is 2. The van der Waals surface area contributed by atoms with Crippen molar-refractivity contribution in [2.75, 3.05) is 13.1 Å². The fraction of sp³-hybridized carbons (Fsp3) is 0.385. The minimum Gasteiger partial charge on any atom is -0.481 e. The third-order valence-corrected chi connectivity index (χ3v) is 3.19. The number of nitrogens with one attached hydrogen (secondary N) is 2. The summed E-state index contributed by atoms with van der Waals surface area (Å²) in [7, 11) is 0. The summed E-state index contributed by atoms with van der Waals surface area (Å²) in [5.74, 6) is -0.871. The summed E-state index contributed by atoms with van der Waals surface area (Å²) in [6.45, 7) is 0.768. The molecule has 0 spiro atoms. The molecule has 0 aliphatic heterocycles. The number of fused-ring (bicyclic) bond motifs is 1. The van der Waals surface area contributed by atoms with Crippen molar-refractivity contribution < 1.29 is 14.7 Å². The zero-order valence-corrected chi connectivity index (χ0v) is 12.5. The van der Waals surface area contributed by atoms with E-state index in [2.05, 4.69) is 20.7 Å². The van der Waals surface area contributed by atoms with Crippen molar-refractivity contribution in [3.8, 4) is 0 Å². The highest BCUT2D eigenvalue weighted by atomic mass is 35.5. The van der Waals surface area contributed by atoms with E-state index >= 15 is 0 Å². The molecular formula is C13H16ClN5O3. The van der Waals surface area contributed by atoms with E-state index in [1.165, 1.54) is 6.20 Å². The maximum atomic E-state index is 11.5. The molecular weight excluding hydrogens is 310 g/mol. The van der Waals surface area contributed by atoms with E-state index in [1.54, 1.807) is 16.9 Å². The molecule has 2 heterocycles. The van der Waals surface area contributed by atoms with Gasteiger partial charge in [-0.2, -0.15) is 5.10 Å². The minimum atomic E-state index is -0.871. The molecule has 3 N–H and O–H groups in total. The Morgan fingerprint density at radius 3 is 2.82 bits per heavy atom. The molecule has 0 saturated heterocycles. The van der Waals surface area contributed by atoms with E-state index in [1.807, 2.05) is 0 Å². The fourth-order valence-corrected chi connectivity index (χ4v) is 2.02. The molecule has 118 valence electrons. The van der Waals surface area contributed by atoms with Crippen molar-refractivity contribution in [1.29, 1.82) is 0 Å². The lowest BCUT2D eigenvalue weighted by Gasteiger charge is -2.07. The lowest BCUT2D eigenvalue weighted by Crippen LogP contribution is -2.37. The Morgan fingerprint density at radius 1 is 1.27 bits per heavy atom. The van der Waals surface area contributed by atoms with Gasteiger partial charge in [0, 0.05) is 31.9 Å². The number of hydrogen-bond donors (Lipinski definition) is 3. The van der Waals surface area contributed by atoms with Crippen LogP contribution >= 0.6 is 11.6 Å². The smallest absolute Gasteiger partial charge is 0.314 e. The minimum absolute atomic E-state index is 0.0401. The fourth-order valence-electron chi connectivity index (χ4n) is 1.84. The molecule has 0 aliphatic rings. The standard InChI is InChI=1S/C13H16ClN5O3/c14-10-7-18-19-8-9(6-17-12(10)19)3-5-16-13(22)15-4-1-2-11(20)21/h6-8H,1-5H2,(H,20,21)(H2,15,16,22). The van der Waals surface area contributed by atoms with Crippen molar-refractivity contribution in [1.82, 2.24) is 25.2 Å². The number of carboxylic acid groups (broad SMARTS) is 1. The van der Waals surface area contributed by atoms with E-state index in [-0.39, 0.29) is 12.5 Å². The summed E-state index contributed by atoms with van der Waals surface area (Å²) >= 11 is 5.90. The molecule has 8 nitrogen and oxygen atoms in total. The van der Waals surface area contributed by atoms with Crippen molar-refractivity contribution >= 4 is 29.2 Å². The van der Waals surface area contributed by atoms with E-state index < -0.39 is 5.97 Å². The number of carbonyl (C=O) groups is 2. The highest BCUT2D eigenvalue weighted by Crippen LogP contribution is 2.13. The first-order valence-corrected chi connectivity index (χ1v) is 7.15. The molecule has 0 atom stereocenters. The van der Waals surface area contributed by atoms with Gasteiger partial charge in [0.15, 0.2) is 5.65 Å². The average Bonchev–Trinajstić information content (AvgIpc) is 2.84. The van der Waals surface area contributed by atoms with Crippen LogP contribution in [0.4, 0.5) is 4.79 Å². The maximum Gasteiger partial charge on any atom is 0.314 e. The van der Waals surface area contributed by atoms with Crippen LogP contribution in [0.5, 0.6) is 0 Å². The molecule has 2 rings (SSSR count). The lowest BCUT2D eigenvalue weighted by molar-refractivity contribution is -0.137. The molecule has 0 bridgehead atoms. The Hall–Kier alpha value is -2.35. The largest absolute Gasteiger partial charge is 0.481 e. The molecule has 0 unspecified atom stereocenters. The number of aliphatic carboxylic acids is 1. The molecule has 0 fully saturated rings. The number of hydrogen-bond acceptors (Lipinski definition) is 4. The first-order chi connectivity index (χ1) is 10.6. The van der Waals surface area contributed by atoms with Crippen LogP contribution in [-0.2, 0) is 11.2 Å². The van der Waals surface area contributed by atoms with Crippen LogP contribution in [0.2, 0.25) is 5.02 Å². The monoisotopic (exact) mass is 325 g/mol. The van der Waals surface area contributed by atoms with Crippen LogP contribution in [0, 0.1) is 0 Å². The molecule has 2 aromatic rings. The Bertz CT molecular complexity index is 673. The number of nitrogens with zero attached hydrogens (tertiary/aromatic N) is 3. The summed E-state index contributed by atoms with van der Waals surface area (Å²) in [5.41, 5.74) is 1.51. The van der Waals surface area contributed by atoms with Gasteiger partial charge >= 0.3 is 12.0 Å². The third-order valence-electron chi connectivity index (χ3n) is 2.92. The van der Waals surface area contributed by atoms with Crippen LogP contribution in [0.1, 0.15) is 18.4 Å². The first kappa shape index (κ1) is 16.0. The van der Waals surface area contributed by atoms with Gasteiger partial charge in [0.25, 0.3) is 0 Å². The number of carboxylic acids is 1. The van der Waals surface area contributed by atoms with E-state index in [0.717, 1.165) is 5.56 Å². The van der Waals surface area contributed by atoms with Gasteiger partial charge in [-0.05, 0) is 18.4 Å². The number of aromatic nitrogens is 3. The van der Waals surface area contributed by atoms with Crippen molar-refractivity contribution in [3.05, 3.63) is 29.2 Å². The quantitative estimate of drug-likeness (QED) is 0.660. The summed E-state index contributed by atoms with van der Waals surface area (Å²) in [5, 5.41) is 18.3. The van der Waals surface area contributed by atoms with E-state index in [0.29, 0.717) is 36.6 Å². The van der Waals surface area contributed by atoms with Gasteiger partial charge in [0.05, 0.1) is 6.20 Å². The second kappa shape index (κ2) is 7.60. The summed E-state index contributed by atoms with van der Waals surface area (Å²) in [4.78, 5) is 26.0. The van der Waals surface area contributed by atoms with Crippen molar-refractivity contribution in [2.45, 2.75) is 19.3 Å². The van der Waals surface area contributed by atoms with Crippen LogP contribution in [0.15, 0.2) is 18.6 Å². The normalized spacial score (nSPS) is 10.6. The van der Waals surface area contributed by atoms with Gasteiger partial charge in [-0.3, -0.25) is 4.79 Å². The lowest BCUT2D eigenvalue weighted by atomic mass is 10.2. The zero-order chi connectivity index (χ0) is 15.9. The van der Waals surface area contributed by atoms with Crippen molar-refractivity contribution in [2.24, 2.45) is 0 Å². The van der Waals surface area contributed by atoms with Crippen molar-refractivity contribution in [3.63, 3.8) is 0 Å². The SMILES string of the molecule is O=C(O)CCCNC(=O)NCCc1cnc2c(Cl)cnn2c1. The Kier molecular flexibility index (Phi) is 5.54. The van der Waals surface area contributed by atoms with Gasteiger partial charge in [0.2, 0.25) is 0 Å². The van der Waals surface area contributed by atoms with Gasteiger partial charge in [-0.25, -0.2) is 14.3 Å². The molecule has 0 saturated carbocycles. The highest BCUT2D eigenvalue weighted by Gasteiger charge is 2.05. The number of urea groups is 1. The zero-order valence-electron chi connectivity index (χ0n) is 11.8. The summed E-state index contributed by atoms with van der Waals surface area (Å²) < 4.78 is 1.59.